The van der Waals surface area contributed by atoms with Gasteiger partial charge in [-0.05, 0) is 75.7 Å². The van der Waals surface area contributed by atoms with Crippen molar-refractivity contribution in [3.8, 4) is 11.1 Å². The molecule has 1 heterocycles. The Hall–Kier alpha value is -2.47. The summed E-state index contributed by atoms with van der Waals surface area (Å²) in [5.41, 5.74) is 4.23. The van der Waals surface area contributed by atoms with E-state index in [1.807, 2.05) is 65.1 Å². The zero-order valence-electron chi connectivity index (χ0n) is 17.9. The molecule has 6 heteroatoms. The van der Waals surface area contributed by atoms with Gasteiger partial charge in [-0.25, -0.2) is 4.79 Å². The van der Waals surface area contributed by atoms with Crippen LogP contribution in [0.2, 0.25) is 5.02 Å². The first-order valence-corrected chi connectivity index (χ1v) is 10.2. The van der Waals surface area contributed by atoms with Crippen LogP contribution in [-0.2, 0) is 16.1 Å². The molecule has 3 aromatic rings. The third-order valence-electron chi connectivity index (χ3n) is 4.75. The number of fused-ring (bicyclic) bond motifs is 1. The third kappa shape index (κ3) is 4.81. The molecule has 0 aliphatic rings. The van der Waals surface area contributed by atoms with Gasteiger partial charge in [0.2, 0.25) is 0 Å². The van der Waals surface area contributed by atoms with Crippen LogP contribution in [0.3, 0.4) is 0 Å². The Labute approximate surface area is 182 Å². The van der Waals surface area contributed by atoms with Crippen molar-refractivity contribution in [3.63, 3.8) is 0 Å². The van der Waals surface area contributed by atoms with Crippen molar-refractivity contribution >= 4 is 28.5 Å². The number of nitrogens with zero attached hydrogens (tertiary/aromatic N) is 1. The number of ether oxygens (including phenoxy) is 1. The van der Waals surface area contributed by atoms with Crippen molar-refractivity contribution in [2.24, 2.45) is 0 Å². The second kappa shape index (κ2) is 8.72. The number of hydrogen-bond acceptors (Lipinski definition) is 4. The molecule has 2 aromatic carbocycles. The van der Waals surface area contributed by atoms with E-state index in [1.54, 1.807) is 12.1 Å². The van der Waals surface area contributed by atoms with Gasteiger partial charge in [0.15, 0.2) is 6.10 Å². The number of hydrogen-bond donors (Lipinski definition) is 2. The van der Waals surface area contributed by atoms with Gasteiger partial charge in [0.05, 0.1) is 16.8 Å². The summed E-state index contributed by atoms with van der Waals surface area (Å²) >= 11 is 6.11. The van der Waals surface area contributed by atoms with E-state index in [0.29, 0.717) is 17.1 Å². The number of aliphatic carboxylic acids is 1. The van der Waals surface area contributed by atoms with E-state index in [-0.39, 0.29) is 0 Å². The van der Waals surface area contributed by atoms with Gasteiger partial charge in [-0.2, -0.15) is 0 Å². The van der Waals surface area contributed by atoms with Crippen LogP contribution in [0, 0.1) is 6.92 Å². The van der Waals surface area contributed by atoms with Crippen molar-refractivity contribution in [2.75, 3.05) is 7.05 Å². The second-order valence-corrected chi connectivity index (χ2v) is 8.77. The van der Waals surface area contributed by atoms with E-state index in [4.69, 9.17) is 21.3 Å². The highest BCUT2D eigenvalue weighted by molar-refractivity contribution is 6.30. The van der Waals surface area contributed by atoms with Crippen LogP contribution >= 0.6 is 11.6 Å². The van der Waals surface area contributed by atoms with Crippen molar-refractivity contribution < 1.29 is 14.6 Å². The third-order valence-corrected chi connectivity index (χ3v) is 5.00. The molecule has 1 atom stereocenters. The number of benzene rings is 2. The van der Waals surface area contributed by atoms with Crippen molar-refractivity contribution in [1.29, 1.82) is 0 Å². The first-order chi connectivity index (χ1) is 14.1. The number of carbonyl (C=O) groups is 1. The molecule has 0 fully saturated rings. The molecule has 30 heavy (non-hydrogen) atoms. The zero-order chi connectivity index (χ0) is 22.1. The minimum Gasteiger partial charge on any atom is -0.479 e. The van der Waals surface area contributed by atoms with Gasteiger partial charge >= 0.3 is 5.97 Å². The van der Waals surface area contributed by atoms with Gasteiger partial charge in [-0.15, -0.1) is 0 Å². The molecule has 158 valence electrons. The summed E-state index contributed by atoms with van der Waals surface area (Å²) in [5.74, 6) is -1.03. The van der Waals surface area contributed by atoms with E-state index in [2.05, 4.69) is 5.32 Å². The number of carboxylic acids is 1. The van der Waals surface area contributed by atoms with Crippen molar-refractivity contribution in [1.82, 2.24) is 10.3 Å². The highest BCUT2D eigenvalue weighted by Gasteiger charge is 2.31. The van der Waals surface area contributed by atoms with E-state index < -0.39 is 17.7 Å². The topological polar surface area (TPSA) is 71.5 Å². The van der Waals surface area contributed by atoms with Gasteiger partial charge in [0, 0.05) is 22.5 Å². The van der Waals surface area contributed by atoms with Crippen molar-refractivity contribution in [2.45, 2.75) is 45.9 Å². The molecule has 0 saturated carbocycles. The van der Waals surface area contributed by atoms with Crippen LogP contribution in [0.1, 0.15) is 43.7 Å². The second-order valence-electron chi connectivity index (χ2n) is 8.34. The van der Waals surface area contributed by atoms with Gasteiger partial charge in [0.1, 0.15) is 0 Å². The van der Waals surface area contributed by atoms with E-state index in [0.717, 1.165) is 33.3 Å². The van der Waals surface area contributed by atoms with E-state index in [1.165, 1.54) is 0 Å². The Bertz CT molecular complexity index is 1070. The van der Waals surface area contributed by atoms with Gasteiger partial charge in [0.25, 0.3) is 0 Å². The first kappa shape index (κ1) is 22.2. The molecule has 0 aliphatic heterocycles. The normalized spacial score (nSPS) is 12.9. The molecule has 0 saturated heterocycles. The summed E-state index contributed by atoms with van der Waals surface area (Å²) < 4.78 is 6.01. The summed E-state index contributed by atoms with van der Waals surface area (Å²) in [4.78, 5) is 17.0. The smallest absolute Gasteiger partial charge is 0.337 e. The van der Waals surface area contributed by atoms with E-state index >= 15 is 0 Å². The molecule has 0 aliphatic carbocycles. The Kier molecular flexibility index (Phi) is 6.46. The molecule has 0 bridgehead atoms. The monoisotopic (exact) mass is 426 g/mol. The molecule has 2 N–H and O–H groups in total. The average Bonchev–Trinajstić information content (AvgIpc) is 2.65. The lowest BCUT2D eigenvalue weighted by Crippen LogP contribution is -2.28. The highest BCUT2D eigenvalue weighted by atomic mass is 35.5. The Morgan fingerprint density at radius 1 is 1.20 bits per heavy atom. The zero-order valence-corrected chi connectivity index (χ0v) is 18.7. The fourth-order valence-corrected chi connectivity index (χ4v) is 3.72. The van der Waals surface area contributed by atoms with E-state index in [9.17, 15) is 9.90 Å². The quantitative estimate of drug-likeness (QED) is 0.542. The Morgan fingerprint density at radius 3 is 2.43 bits per heavy atom. The predicted octanol–water partition coefficient (Wildman–Crippen LogP) is 5.52. The minimum atomic E-state index is -1.11. The average molecular weight is 427 g/mol. The van der Waals surface area contributed by atoms with Gasteiger partial charge in [-0.3, -0.25) is 4.98 Å². The number of aryl methyl sites for hydroxylation is 1. The number of pyridine rings is 1. The van der Waals surface area contributed by atoms with Gasteiger partial charge < -0.3 is 15.2 Å². The summed E-state index contributed by atoms with van der Waals surface area (Å²) in [6, 6.07) is 13.3. The van der Waals surface area contributed by atoms with Crippen LogP contribution < -0.4 is 5.32 Å². The van der Waals surface area contributed by atoms with Crippen LogP contribution in [0.15, 0.2) is 42.5 Å². The molecular formula is C24H27ClN2O3. The van der Waals surface area contributed by atoms with Crippen LogP contribution in [0.5, 0.6) is 0 Å². The fraction of sp³-hybridized carbons (Fsp3) is 0.333. The fourth-order valence-electron chi connectivity index (χ4n) is 3.59. The largest absolute Gasteiger partial charge is 0.479 e. The number of halogens is 1. The Balaban J connectivity index is 2.36. The summed E-state index contributed by atoms with van der Waals surface area (Å²) in [5, 5.41) is 14.7. The molecule has 0 radical (unpaired) electrons. The maximum atomic E-state index is 12.3. The lowest BCUT2D eigenvalue weighted by Gasteiger charge is -2.28. The maximum absolute atomic E-state index is 12.3. The highest BCUT2D eigenvalue weighted by Crippen LogP contribution is 2.40. The number of nitrogens with one attached hydrogen (secondary N) is 1. The van der Waals surface area contributed by atoms with Crippen LogP contribution in [0.25, 0.3) is 22.0 Å². The predicted molar refractivity (Wildman–Crippen MR) is 121 cm³/mol. The SMILES string of the molecule is CNCc1ccc2c(-c3ccc(Cl)cc3)c([C@H](OC(C)(C)C)C(=O)O)c(C)cc2n1. The van der Waals surface area contributed by atoms with Gasteiger partial charge in [-0.1, -0.05) is 29.8 Å². The summed E-state index contributed by atoms with van der Waals surface area (Å²) in [6.45, 7) is 8.12. The molecule has 0 unspecified atom stereocenters. The molecule has 0 spiro atoms. The number of rotatable bonds is 6. The van der Waals surface area contributed by atoms with Crippen LogP contribution in [-0.4, -0.2) is 28.7 Å². The minimum absolute atomic E-state index is 0.618. The number of carboxylic acid groups (broad SMARTS) is 1. The Morgan fingerprint density at radius 2 is 1.87 bits per heavy atom. The standard InChI is InChI=1S/C24H27ClN2O3/c1-14-12-19-18(11-10-17(27-19)13-26-5)21(15-6-8-16(25)9-7-15)20(14)22(23(28)29)30-24(2,3)4/h6-12,22,26H,13H2,1-5H3,(H,28,29)/t22-/m0/s1. The lowest BCUT2D eigenvalue weighted by atomic mass is 9.88. The molecule has 1 aromatic heterocycles. The summed E-state index contributed by atoms with van der Waals surface area (Å²) in [6.07, 6.45) is -1.11. The van der Waals surface area contributed by atoms with Crippen molar-refractivity contribution in [3.05, 3.63) is 64.3 Å². The molecular weight excluding hydrogens is 400 g/mol. The maximum Gasteiger partial charge on any atom is 0.337 e. The molecule has 0 amide bonds. The summed E-state index contributed by atoms with van der Waals surface area (Å²) in [7, 11) is 1.88. The lowest BCUT2D eigenvalue weighted by molar-refractivity contribution is -0.160. The molecule has 3 rings (SSSR count). The van der Waals surface area contributed by atoms with Crippen LogP contribution in [0.4, 0.5) is 0 Å². The number of aromatic nitrogens is 1. The molecule has 5 nitrogen and oxygen atoms in total. The first-order valence-electron chi connectivity index (χ1n) is 9.85.